The number of pyridine rings is 1. The van der Waals surface area contributed by atoms with Crippen molar-refractivity contribution >= 4 is 22.5 Å². The first-order valence-corrected chi connectivity index (χ1v) is 7.87. The number of nitrogens with one attached hydrogen (secondary N) is 1. The Morgan fingerprint density at radius 3 is 3.00 bits per heavy atom. The Hall–Kier alpha value is -2.80. The lowest BCUT2D eigenvalue weighted by Crippen LogP contribution is -2.08. The van der Waals surface area contributed by atoms with Crippen molar-refractivity contribution in [2.75, 3.05) is 18.5 Å². The molecule has 1 aliphatic heterocycles. The zero-order valence-corrected chi connectivity index (χ0v) is 13.3. The molecule has 4 rings (SSSR count). The lowest BCUT2D eigenvalue weighted by Gasteiger charge is -2.06. The highest BCUT2D eigenvalue weighted by Gasteiger charge is 2.19. The number of fused-ring (bicyclic) bond motifs is 1. The molecule has 3 aromatic rings. The molecule has 2 aromatic heterocycles. The van der Waals surface area contributed by atoms with E-state index in [2.05, 4.69) is 20.6 Å². The molecule has 0 aliphatic carbocycles. The standard InChI is InChI=1S/C17H17N5O2/c1-11(23)18-13-3-5-15-12(8-13)2-4-16(19-15)17-9-22(21-20-17)14-6-7-24-10-14/h2-5,8-9,14H,6-7,10H2,1H3,(H,18,23)/t14-/m1/s1. The number of anilines is 1. The quantitative estimate of drug-likeness (QED) is 0.800. The molecule has 1 N–H and O–H groups in total. The van der Waals surface area contributed by atoms with Crippen molar-refractivity contribution < 1.29 is 9.53 Å². The maximum atomic E-state index is 11.1. The van der Waals surface area contributed by atoms with E-state index < -0.39 is 0 Å². The van der Waals surface area contributed by atoms with Crippen LogP contribution in [0.4, 0.5) is 5.69 Å². The van der Waals surface area contributed by atoms with Gasteiger partial charge >= 0.3 is 0 Å². The van der Waals surface area contributed by atoms with Gasteiger partial charge < -0.3 is 10.1 Å². The van der Waals surface area contributed by atoms with E-state index in [1.807, 2.05) is 41.2 Å². The number of ether oxygens (including phenoxy) is 1. The third kappa shape index (κ3) is 2.85. The summed E-state index contributed by atoms with van der Waals surface area (Å²) in [6.07, 6.45) is 2.87. The van der Waals surface area contributed by atoms with Gasteiger partial charge in [0.25, 0.3) is 0 Å². The molecule has 0 bridgehead atoms. The number of aromatic nitrogens is 4. The fourth-order valence-corrected chi connectivity index (χ4v) is 2.85. The first-order valence-electron chi connectivity index (χ1n) is 7.87. The Balaban J connectivity index is 1.63. The Labute approximate surface area is 138 Å². The van der Waals surface area contributed by atoms with Gasteiger partial charge in [-0.05, 0) is 30.7 Å². The summed E-state index contributed by atoms with van der Waals surface area (Å²) in [6.45, 7) is 2.94. The van der Waals surface area contributed by atoms with Gasteiger partial charge in [-0.2, -0.15) is 0 Å². The molecule has 0 spiro atoms. The van der Waals surface area contributed by atoms with Crippen molar-refractivity contribution in [1.82, 2.24) is 20.0 Å². The highest BCUT2D eigenvalue weighted by Crippen LogP contribution is 2.24. The summed E-state index contributed by atoms with van der Waals surface area (Å²) < 4.78 is 7.24. The maximum Gasteiger partial charge on any atom is 0.221 e. The van der Waals surface area contributed by atoms with Crippen LogP contribution in [0.2, 0.25) is 0 Å². The molecule has 7 heteroatoms. The summed E-state index contributed by atoms with van der Waals surface area (Å²) in [7, 11) is 0. The minimum absolute atomic E-state index is 0.0913. The molecule has 1 atom stereocenters. The van der Waals surface area contributed by atoms with Crippen LogP contribution in [-0.4, -0.2) is 39.1 Å². The van der Waals surface area contributed by atoms with E-state index in [1.165, 1.54) is 6.92 Å². The van der Waals surface area contributed by atoms with Gasteiger partial charge in [-0.15, -0.1) is 5.10 Å². The van der Waals surface area contributed by atoms with E-state index in [-0.39, 0.29) is 11.9 Å². The Morgan fingerprint density at radius 2 is 2.21 bits per heavy atom. The van der Waals surface area contributed by atoms with Crippen molar-refractivity contribution in [1.29, 1.82) is 0 Å². The minimum atomic E-state index is -0.0913. The van der Waals surface area contributed by atoms with Gasteiger partial charge in [0.1, 0.15) is 5.69 Å². The number of hydrogen-bond acceptors (Lipinski definition) is 5. The third-order valence-corrected chi connectivity index (χ3v) is 4.06. The lowest BCUT2D eigenvalue weighted by molar-refractivity contribution is -0.114. The fourth-order valence-electron chi connectivity index (χ4n) is 2.85. The zero-order chi connectivity index (χ0) is 16.5. The maximum absolute atomic E-state index is 11.1. The molecule has 3 heterocycles. The highest BCUT2D eigenvalue weighted by molar-refractivity contribution is 5.92. The van der Waals surface area contributed by atoms with E-state index in [0.717, 1.165) is 41.0 Å². The van der Waals surface area contributed by atoms with Crippen LogP contribution in [0, 0.1) is 0 Å². The molecular formula is C17H17N5O2. The lowest BCUT2D eigenvalue weighted by atomic mass is 10.1. The van der Waals surface area contributed by atoms with Gasteiger partial charge in [0, 0.05) is 24.6 Å². The average molecular weight is 323 g/mol. The molecule has 7 nitrogen and oxygen atoms in total. The summed E-state index contributed by atoms with van der Waals surface area (Å²) in [4.78, 5) is 15.8. The van der Waals surface area contributed by atoms with Crippen LogP contribution in [0.5, 0.6) is 0 Å². The minimum Gasteiger partial charge on any atom is -0.379 e. The molecule has 122 valence electrons. The van der Waals surface area contributed by atoms with Crippen LogP contribution in [0.3, 0.4) is 0 Å². The molecule has 0 radical (unpaired) electrons. The van der Waals surface area contributed by atoms with Crippen molar-refractivity contribution in [3.05, 3.63) is 36.5 Å². The number of rotatable bonds is 3. The Bertz CT molecular complexity index is 899. The van der Waals surface area contributed by atoms with Crippen LogP contribution in [0.25, 0.3) is 22.3 Å². The molecule has 1 saturated heterocycles. The second-order valence-corrected chi connectivity index (χ2v) is 5.89. The summed E-state index contributed by atoms with van der Waals surface area (Å²) in [5.41, 5.74) is 3.13. The third-order valence-electron chi connectivity index (χ3n) is 4.06. The van der Waals surface area contributed by atoms with Crippen LogP contribution in [0.1, 0.15) is 19.4 Å². The van der Waals surface area contributed by atoms with Crippen molar-refractivity contribution in [2.45, 2.75) is 19.4 Å². The zero-order valence-electron chi connectivity index (χ0n) is 13.3. The number of amides is 1. The van der Waals surface area contributed by atoms with E-state index in [9.17, 15) is 4.79 Å². The van der Waals surface area contributed by atoms with Gasteiger partial charge in [0.15, 0.2) is 0 Å². The highest BCUT2D eigenvalue weighted by atomic mass is 16.5. The predicted octanol–water partition coefficient (Wildman–Crippen LogP) is 2.41. The van der Waals surface area contributed by atoms with E-state index in [0.29, 0.717) is 6.61 Å². The van der Waals surface area contributed by atoms with Crippen molar-refractivity contribution in [3.63, 3.8) is 0 Å². The second-order valence-electron chi connectivity index (χ2n) is 5.89. The number of hydrogen-bond donors (Lipinski definition) is 1. The largest absolute Gasteiger partial charge is 0.379 e. The summed E-state index contributed by atoms with van der Waals surface area (Å²) in [5, 5.41) is 12.2. The number of benzene rings is 1. The normalized spacial score (nSPS) is 17.3. The molecule has 1 amide bonds. The van der Waals surface area contributed by atoms with Gasteiger partial charge in [-0.25, -0.2) is 9.67 Å². The molecule has 24 heavy (non-hydrogen) atoms. The van der Waals surface area contributed by atoms with E-state index >= 15 is 0 Å². The topological polar surface area (TPSA) is 81.9 Å². The molecule has 0 saturated carbocycles. The van der Waals surface area contributed by atoms with Crippen LogP contribution in [-0.2, 0) is 9.53 Å². The van der Waals surface area contributed by atoms with Gasteiger partial charge in [0.2, 0.25) is 5.91 Å². The summed E-state index contributed by atoms with van der Waals surface area (Å²) in [6, 6.07) is 9.78. The van der Waals surface area contributed by atoms with Crippen LogP contribution >= 0.6 is 0 Å². The summed E-state index contributed by atoms with van der Waals surface area (Å²) in [5.74, 6) is -0.0913. The second kappa shape index (κ2) is 6.01. The first kappa shape index (κ1) is 14.8. The predicted molar refractivity (Wildman–Crippen MR) is 89.5 cm³/mol. The van der Waals surface area contributed by atoms with Gasteiger partial charge in [-0.3, -0.25) is 4.79 Å². The molecule has 1 fully saturated rings. The van der Waals surface area contributed by atoms with E-state index in [4.69, 9.17) is 4.74 Å². The molecule has 1 aromatic carbocycles. The summed E-state index contributed by atoms with van der Waals surface area (Å²) >= 11 is 0. The van der Waals surface area contributed by atoms with Crippen molar-refractivity contribution in [3.8, 4) is 11.4 Å². The van der Waals surface area contributed by atoms with Crippen molar-refractivity contribution in [2.24, 2.45) is 0 Å². The number of carbonyl (C=O) groups excluding carboxylic acids is 1. The Morgan fingerprint density at radius 1 is 1.29 bits per heavy atom. The van der Waals surface area contributed by atoms with E-state index in [1.54, 1.807) is 0 Å². The molecule has 1 aliphatic rings. The molecule has 0 unspecified atom stereocenters. The van der Waals surface area contributed by atoms with Crippen LogP contribution < -0.4 is 5.32 Å². The monoisotopic (exact) mass is 323 g/mol. The SMILES string of the molecule is CC(=O)Nc1ccc2nc(-c3cn([C@@H]4CCOC4)nn3)ccc2c1. The number of nitrogens with zero attached hydrogens (tertiary/aromatic N) is 4. The number of carbonyl (C=O) groups is 1. The fraction of sp³-hybridized carbons (Fsp3) is 0.294. The van der Waals surface area contributed by atoms with Gasteiger partial charge in [-0.1, -0.05) is 11.3 Å². The Kier molecular flexibility index (Phi) is 3.70. The average Bonchev–Trinajstić information content (AvgIpc) is 3.25. The smallest absolute Gasteiger partial charge is 0.221 e. The van der Waals surface area contributed by atoms with Gasteiger partial charge in [0.05, 0.1) is 30.1 Å². The first-order chi connectivity index (χ1) is 11.7. The molecular weight excluding hydrogens is 306 g/mol. The van der Waals surface area contributed by atoms with Crippen LogP contribution in [0.15, 0.2) is 36.5 Å².